The van der Waals surface area contributed by atoms with Crippen LogP contribution in [0.1, 0.15) is 11.1 Å². The Morgan fingerprint density at radius 3 is 2.05 bits per heavy atom. The Morgan fingerprint density at radius 1 is 0.921 bits per heavy atom. The largest absolute Gasteiger partial charge is 0.495 e. The standard InChI is InChI=1S/C26H28ClN3O7S/c1-17-6-9-20(10-7-17)38(32,33)30(19-8-11-22(34-2)21(27)14-19)16-25(31)29-28-15-18-12-23(35-3)26(37-5)24(13-18)36-4/h6-15H,16H2,1-5H3,(H,29,31)/b28-15-. The Kier molecular flexibility index (Phi) is 9.43. The Labute approximate surface area is 226 Å². The van der Waals surface area contributed by atoms with Crippen LogP contribution in [0, 0.1) is 6.92 Å². The summed E-state index contributed by atoms with van der Waals surface area (Å²) in [5.41, 5.74) is 3.98. The number of sulfonamides is 1. The van der Waals surface area contributed by atoms with Crippen LogP contribution in [0.25, 0.3) is 0 Å². The number of aryl methyl sites for hydroxylation is 1. The van der Waals surface area contributed by atoms with Crippen molar-refractivity contribution in [3.63, 3.8) is 0 Å². The molecule has 0 fully saturated rings. The molecule has 38 heavy (non-hydrogen) atoms. The normalized spacial score (nSPS) is 11.2. The van der Waals surface area contributed by atoms with Crippen LogP contribution >= 0.6 is 11.6 Å². The van der Waals surface area contributed by atoms with Crippen LogP contribution in [0.5, 0.6) is 23.0 Å². The van der Waals surface area contributed by atoms with Gasteiger partial charge in [-0.1, -0.05) is 29.3 Å². The highest BCUT2D eigenvalue weighted by Gasteiger charge is 2.28. The quantitative estimate of drug-likeness (QED) is 0.277. The fourth-order valence-corrected chi connectivity index (χ4v) is 5.15. The zero-order valence-electron chi connectivity index (χ0n) is 21.5. The molecule has 3 rings (SSSR count). The van der Waals surface area contributed by atoms with Gasteiger partial charge in [0, 0.05) is 5.56 Å². The second kappa shape index (κ2) is 12.5. The number of hydrazone groups is 1. The number of methoxy groups -OCH3 is 4. The fourth-order valence-electron chi connectivity index (χ4n) is 3.48. The number of carbonyl (C=O) groups excluding carboxylic acids is 1. The van der Waals surface area contributed by atoms with Gasteiger partial charge in [-0.25, -0.2) is 13.8 Å². The number of hydrogen-bond acceptors (Lipinski definition) is 8. The lowest BCUT2D eigenvalue weighted by molar-refractivity contribution is -0.119. The molecular formula is C26H28ClN3O7S. The molecule has 12 heteroatoms. The van der Waals surface area contributed by atoms with E-state index in [-0.39, 0.29) is 15.6 Å². The summed E-state index contributed by atoms with van der Waals surface area (Å²) in [5.74, 6) is 0.905. The predicted molar refractivity (Wildman–Crippen MR) is 146 cm³/mol. The van der Waals surface area contributed by atoms with Crippen LogP contribution < -0.4 is 28.7 Å². The Balaban J connectivity index is 1.88. The molecule has 10 nitrogen and oxygen atoms in total. The van der Waals surface area contributed by atoms with Crippen LogP contribution in [0.2, 0.25) is 5.02 Å². The van der Waals surface area contributed by atoms with Gasteiger partial charge in [-0.3, -0.25) is 9.10 Å². The molecule has 3 aromatic carbocycles. The number of benzene rings is 3. The molecule has 0 spiro atoms. The van der Waals surface area contributed by atoms with Gasteiger partial charge in [0.2, 0.25) is 5.75 Å². The number of hydrogen-bond donors (Lipinski definition) is 1. The molecule has 0 aliphatic carbocycles. The van der Waals surface area contributed by atoms with Crippen molar-refractivity contribution >= 4 is 39.4 Å². The first kappa shape index (κ1) is 28.6. The van der Waals surface area contributed by atoms with Gasteiger partial charge in [0.1, 0.15) is 12.3 Å². The van der Waals surface area contributed by atoms with E-state index in [0.29, 0.717) is 28.6 Å². The van der Waals surface area contributed by atoms with Crippen molar-refractivity contribution in [1.82, 2.24) is 5.43 Å². The van der Waals surface area contributed by atoms with Crippen molar-refractivity contribution in [2.75, 3.05) is 39.3 Å². The minimum Gasteiger partial charge on any atom is -0.495 e. The second-order valence-corrected chi connectivity index (χ2v) is 10.2. The molecule has 1 N–H and O–H groups in total. The Bertz CT molecular complexity index is 1400. The summed E-state index contributed by atoms with van der Waals surface area (Å²) in [5, 5.41) is 4.15. The van der Waals surface area contributed by atoms with Gasteiger partial charge in [-0.05, 0) is 49.4 Å². The molecule has 0 aliphatic rings. The first-order valence-electron chi connectivity index (χ1n) is 11.2. The SMILES string of the molecule is COc1ccc(N(CC(=O)N/N=C\c2cc(OC)c(OC)c(OC)c2)S(=O)(=O)c2ccc(C)cc2)cc1Cl. The van der Waals surface area contributed by atoms with Gasteiger partial charge < -0.3 is 18.9 Å². The van der Waals surface area contributed by atoms with Crippen molar-refractivity contribution in [2.24, 2.45) is 5.10 Å². The zero-order chi connectivity index (χ0) is 27.9. The lowest BCUT2D eigenvalue weighted by atomic mass is 10.2. The number of carbonyl (C=O) groups is 1. The monoisotopic (exact) mass is 561 g/mol. The van der Waals surface area contributed by atoms with E-state index in [1.807, 2.05) is 6.92 Å². The lowest BCUT2D eigenvalue weighted by Crippen LogP contribution is -2.39. The van der Waals surface area contributed by atoms with Crippen molar-refractivity contribution < 1.29 is 32.2 Å². The molecule has 202 valence electrons. The zero-order valence-corrected chi connectivity index (χ0v) is 23.1. The Morgan fingerprint density at radius 2 is 1.53 bits per heavy atom. The number of anilines is 1. The fraction of sp³-hybridized carbons (Fsp3) is 0.231. The summed E-state index contributed by atoms with van der Waals surface area (Å²) in [6, 6.07) is 14.0. The van der Waals surface area contributed by atoms with E-state index in [1.165, 1.54) is 65.0 Å². The molecule has 3 aromatic rings. The summed E-state index contributed by atoms with van der Waals surface area (Å²) in [6.07, 6.45) is 1.37. The third-order valence-corrected chi connectivity index (χ3v) is 7.49. The molecule has 0 saturated heterocycles. The van der Waals surface area contributed by atoms with Gasteiger partial charge in [0.15, 0.2) is 11.5 Å². The van der Waals surface area contributed by atoms with Gasteiger partial charge >= 0.3 is 0 Å². The van der Waals surface area contributed by atoms with Crippen LogP contribution in [-0.4, -0.2) is 55.5 Å². The van der Waals surface area contributed by atoms with E-state index in [0.717, 1.165) is 9.87 Å². The predicted octanol–water partition coefficient (Wildman–Crippen LogP) is 4.03. The van der Waals surface area contributed by atoms with E-state index in [1.54, 1.807) is 24.3 Å². The van der Waals surface area contributed by atoms with Gasteiger partial charge in [0.25, 0.3) is 15.9 Å². The van der Waals surface area contributed by atoms with Crippen LogP contribution in [0.15, 0.2) is 64.6 Å². The topological polar surface area (TPSA) is 116 Å². The molecule has 0 saturated carbocycles. The highest BCUT2D eigenvalue weighted by Crippen LogP contribution is 2.37. The van der Waals surface area contributed by atoms with E-state index >= 15 is 0 Å². The molecule has 0 bridgehead atoms. The number of nitrogens with zero attached hydrogens (tertiary/aromatic N) is 2. The van der Waals surface area contributed by atoms with Crippen LogP contribution in [0.4, 0.5) is 5.69 Å². The lowest BCUT2D eigenvalue weighted by Gasteiger charge is -2.24. The molecule has 1 amide bonds. The third kappa shape index (κ3) is 6.48. The summed E-state index contributed by atoms with van der Waals surface area (Å²) in [4.78, 5) is 12.9. The maximum atomic E-state index is 13.5. The molecule has 0 aromatic heterocycles. The summed E-state index contributed by atoms with van der Waals surface area (Å²) in [6.45, 7) is 1.28. The van der Waals surface area contributed by atoms with Gasteiger partial charge in [-0.2, -0.15) is 5.10 Å². The summed E-state index contributed by atoms with van der Waals surface area (Å²) < 4.78 is 49.1. The Hall–Kier alpha value is -3.96. The van der Waals surface area contributed by atoms with Crippen molar-refractivity contribution in [2.45, 2.75) is 11.8 Å². The maximum absolute atomic E-state index is 13.5. The highest BCUT2D eigenvalue weighted by molar-refractivity contribution is 7.92. The number of rotatable bonds is 11. The average Bonchev–Trinajstić information content (AvgIpc) is 2.91. The van der Waals surface area contributed by atoms with E-state index in [4.69, 9.17) is 30.5 Å². The summed E-state index contributed by atoms with van der Waals surface area (Å²) >= 11 is 6.25. The second-order valence-electron chi connectivity index (χ2n) is 7.90. The van der Waals surface area contributed by atoms with Crippen LogP contribution in [-0.2, 0) is 14.8 Å². The minimum atomic E-state index is -4.13. The average molecular weight is 562 g/mol. The molecule has 0 atom stereocenters. The van der Waals surface area contributed by atoms with Gasteiger partial charge in [-0.15, -0.1) is 0 Å². The first-order chi connectivity index (χ1) is 18.1. The van der Waals surface area contributed by atoms with Crippen molar-refractivity contribution in [3.05, 3.63) is 70.7 Å². The van der Waals surface area contributed by atoms with Crippen molar-refractivity contribution in [3.8, 4) is 23.0 Å². The summed E-state index contributed by atoms with van der Waals surface area (Å²) in [7, 11) is 1.76. The molecule has 0 radical (unpaired) electrons. The molecule has 0 aliphatic heterocycles. The third-order valence-electron chi connectivity index (χ3n) is 5.41. The first-order valence-corrected chi connectivity index (χ1v) is 13.0. The number of halogens is 1. The van der Waals surface area contributed by atoms with E-state index in [9.17, 15) is 13.2 Å². The smallest absolute Gasteiger partial charge is 0.264 e. The molecule has 0 heterocycles. The number of nitrogens with one attached hydrogen (secondary N) is 1. The number of ether oxygens (including phenoxy) is 4. The minimum absolute atomic E-state index is 0.0174. The van der Waals surface area contributed by atoms with E-state index < -0.39 is 22.5 Å². The number of amides is 1. The van der Waals surface area contributed by atoms with Crippen LogP contribution in [0.3, 0.4) is 0 Å². The van der Waals surface area contributed by atoms with Gasteiger partial charge in [0.05, 0.1) is 50.3 Å². The molecule has 0 unspecified atom stereocenters. The maximum Gasteiger partial charge on any atom is 0.264 e. The highest BCUT2D eigenvalue weighted by atomic mass is 35.5. The van der Waals surface area contributed by atoms with Crippen molar-refractivity contribution in [1.29, 1.82) is 0 Å². The van der Waals surface area contributed by atoms with E-state index in [2.05, 4.69) is 10.5 Å². The molecular weight excluding hydrogens is 534 g/mol.